The molecule has 0 bridgehead atoms. The Kier molecular flexibility index (Phi) is 9.23. The van der Waals surface area contributed by atoms with Crippen molar-refractivity contribution < 1.29 is 22.7 Å². The van der Waals surface area contributed by atoms with Gasteiger partial charge >= 0.3 is 0 Å². The van der Waals surface area contributed by atoms with Crippen LogP contribution in [0.4, 0.5) is 5.69 Å². The van der Waals surface area contributed by atoms with Crippen LogP contribution < -0.4 is 9.46 Å². The van der Waals surface area contributed by atoms with E-state index in [1.165, 1.54) is 32.1 Å². The van der Waals surface area contributed by atoms with Crippen molar-refractivity contribution in [1.82, 2.24) is 9.80 Å². The number of likely N-dealkylation sites (N-methyl/N-ethyl adjacent to an activating group) is 1. The largest absolute Gasteiger partial charge is 0.491 e. The van der Waals surface area contributed by atoms with Crippen LogP contribution in [-0.2, 0) is 14.8 Å². The summed E-state index contributed by atoms with van der Waals surface area (Å²) in [4.78, 5) is 17.4. The number of benzene rings is 1. The number of carbonyl (C=O) groups is 1. The highest BCUT2D eigenvalue weighted by atomic mass is 32.2. The second-order valence-electron chi connectivity index (χ2n) is 10.1. The molecule has 1 fully saturated rings. The van der Waals surface area contributed by atoms with E-state index in [4.69, 9.17) is 9.47 Å². The standard InChI is InChI=1S/C25H41N3O5S/c1-18-14-28(15-20-9-7-6-8-10-20)19(2)17-33-23-13-21(26-34(5,30)31)11-12-22(23)25(29)27(3)16-24(18)32-4/h11-13,18-20,24,26H,6-10,14-17H2,1-5H3/t18-,19-,24+/m1/s1. The molecule has 2 aliphatic rings. The minimum absolute atomic E-state index is 0.0926. The fraction of sp³-hybridized carbons (Fsp3) is 0.720. The van der Waals surface area contributed by atoms with E-state index >= 15 is 0 Å². The van der Waals surface area contributed by atoms with Crippen molar-refractivity contribution in [3.63, 3.8) is 0 Å². The van der Waals surface area contributed by atoms with Crippen LogP contribution in [0.5, 0.6) is 5.75 Å². The Labute approximate surface area is 205 Å². The molecule has 1 saturated carbocycles. The third-order valence-corrected chi connectivity index (χ3v) is 7.70. The molecule has 34 heavy (non-hydrogen) atoms. The number of hydrogen-bond donors (Lipinski definition) is 1. The lowest BCUT2D eigenvalue weighted by atomic mass is 9.88. The number of ether oxygens (including phenoxy) is 2. The molecule has 9 heteroatoms. The van der Waals surface area contributed by atoms with Crippen LogP contribution in [0.1, 0.15) is 56.3 Å². The first-order valence-corrected chi connectivity index (χ1v) is 14.2. The van der Waals surface area contributed by atoms with Gasteiger partial charge < -0.3 is 14.4 Å². The Morgan fingerprint density at radius 2 is 1.85 bits per heavy atom. The van der Waals surface area contributed by atoms with Crippen molar-refractivity contribution >= 4 is 21.6 Å². The highest BCUT2D eigenvalue weighted by Crippen LogP contribution is 2.29. The first-order chi connectivity index (χ1) is 16.1. The van der Waals surface area contributed by atoms with Crippen LogP contribution >= 0.6 is 0 Å². The number of nitrogens with zero attached hydrogens (tertiary/aromatic N) is 2. The number of methoxy groups -OCH3 is 1. The number of hydrogen-bond acceptors (Lipinski definition) is 6. The van der Waals surface area contributed by atoms with Gasteiger partial charge in [-0.1, -0.05) is 26.2 Å². The van der Waals surface area contributed by atoms with Crippen LogP contribution in [0.15, 0.2) is 18.2 Å². The molecule has 1 aromatic carbocycles. The van der Waals surface area contributed by atoms with Crippen LogP contribution in [-0.4, -0.2) is 82.9 Å². The van der Waals surface area contributed by atoms with Crippen LogP contribution in [0.2, 0.25) is 0 Å². The van der Waals surface area contributed by atoms with E-state index < -0.39 is 10.0 Å². The summed E-state index contributed by atoms with van der Waals surface area (Å²) in [6.07, 6.45) is 7.48. The van der Waals surface area contributed by atoms with Gasteiger partial charge in [-0.25, -0.2) is 8.42 Å². The Morgan fingerprint density at radius 1 is 1.15 bits per heavy atom. The zero-order chi connectivity index (χ0) is 24.9. The van der Waals surface area contributed by atoms with Gasteiger partial charge in [-0.15, -0.1) is 0 Å². The van der Waals surface area contributed by atoms with E-state index in [1.54, 1.807) is 37.3 Å². The topological polar surface area (TPSA) is 88.2 Å². The maximum Gasteiger partial charge on any atom is 0.257 e. The normalized spacial score (nSPS) is 26.2. The molecule has 3 rings (SSSR count). The molecular formula is C25H41N3O5S. The molecule has 0 saturated heterocycles. The predicted octanol–water partition coefficient (Wildman–Crippen LogP) is 3.44. The van der Waals surface area contributed by atoms with Crippen molar-refractivity contribution in [2.45, 2.75) is 58.1 Å². The maximum absolute atomic E-state index is 13.3. The van der Waals surface area contributed by atoms with Crippen LogP contribution in [0.3, 0.4) is 0 Å². The van der Waals surface area contributed by atoms with Crippen LogP contribution in [0, 0.1) is 11.8 Å². The van der Waals surface area contributed by atoms with E-state index in [1.807, 2.05) is 0 Å². The number of anilines is 1. The maximum atomic E-state index is 13.3. The summed E-state index contributed by atoms with van der Waals surface area (Å²) in [5.41, 5.74) is 0.787. The van der Waals surface area contributed by atoms with Gasteiger partial charge in [0.25, 0.3) is 5.91 Å². The molecule has 0 spiro atoms. The van der Waals surface area contributed by atoms with Gasteiger partial charge in [0.15, 0.2) is 0 Å². The summed E-state index contributed by atoms with van der Waals surface area (Å²) in [5.74, 6) is 1.14. The Balaban J connectivity index is 1.91. The zero-order valence-corrected chi connectivity index (χ0v) is 22.1. The zero-order valence-electron chi connectivity index (χ0n) is 21.2. The second-order valence-corrected chi connectivity index (χ2v) is 11.9. The Hall–Kier alpha value is -1.84. The second kappa shape index (κ2) is 11.7. The van der Waals surface area contributed by atoms with Gasteiger partial charge in [-0.2, -0.15) is 0 Å². The summed E-state index contributed by atoms with van der Waals surface area (Å²) in [5, 5.41) is 0. The fourth-order valence-corrected chi connectivity index (χ4v) is 5.64. The van der Waals surface area contributed by atoms with Crippen molar-refractivity contribution in [1.29, 1.82) is 0 Å². The van der Waals surface area contributed by atoms with Gasteiger partial charge in [-0.05, 0) is 43.7 Å². The number of nitrogens with one attached hydrogen (secondary N) is 1. The molecule has 192 valence electrons. The first kappa shape index (κ1) is 26.8. The van der Waals surface area contributed by atoms with E-state index in [0.29, 0.717) is 36.1 Å². The number of rotatable bonds is 5. The predicted molar refractivity (Wildman–Crippen MR) is 135 cm³/mol. The van der Waals surface area contributed by atoms with Gasteiger partial charge in [0.2, 0.25) is 10.0 Å². The van der Waals surface area contributed by atoms with E-state index in [2.05, 4.69) is 23.5 Å². The molecule has 0 unspecified atom stereocenters. The number of fused-ring (bicyclic) bond motifs is 1. The number of sulfonamides is 1. The average Bonchev–Trinajstić information content (AvgIpc) is 2.79. The molecule has 0 aromatic heterocycles. The quantitative estimate of drug-likeness (QED) is 0.673. The van der Waals surface area contributed by atoms with E-state index in [9.17, 15) is 13.2 Å². The van der Waals surface area contributed by atoms with Gasteiger partial charge in [-0.3, -0.25) is 14.4 Å². The van der Waals surface area contributed by atoms with Gasteiger partial charge in [0.1, 0.15) is 12.4 Å². The molecule has 1 aliphatic heterocycles. The summed E-state index contributed by atoms with van der Waals surface area (Å²) < 4.78 is 38.0. The molecular weight excluding hydrogens is 454 g/mol. The molecule has 0 radical (unpaired) electrons. The minimum atomic E-state index is -3.45. The molecule has 1 aromatic rings. The smallest absolute Gasteiger partial charge is 0.257 e. The number of amides is 1. The lowest BCUT2D eigenvalue weighted by Gasteiger charge is -2.38. The highest BCUT2D eigenvalue weighted by Gasteiger charge is 2.29. The summed E-state index contributed by atoms with van der Waals surface area (Å²) in [6, 6.07) is 4.95. The lowest BCUT2D eigenvalue weighted by molar-refractivity contribution is 0.00690. The molecule has 1 aliphatic carbocycles. The number of carbonyl (C=O) groups excluding carboxylic acids is 1. The third-order valence-electron chi connectivity index (χ3n) is 7.10. The van der Waals surface area contributed by atoms with Crippen molar-refractivity contribution in [2.24, 2.45) is 11.8 Å². The molecule has 3 atom stereocenters. The first-order valence-electron chi connectivity index (χ1n) is 12.3. The van der Waals surface area contributed by atoms with Crippen molar-refractivity contribution in [3.8, 4) is 5.75 Å². The molecule has 1 heterocycles. The van der Waals surface area contributed by atoms with Crippen LogP contribution in [0.25, 0.3) is 0 Å². The van der Waals surface area contributed by atoms with E-state index in [0.717, 1.165) is 19.3 Å². The van der Waals surface area contributed by atoms with Crippen molar-refractivity contribution in [2.75, 3.05) is 51.4 Å². The lowest BCUT2D eigenvalue weighted by Crippen LogP contribution is -2.48. The Bertz CT molecular complexity index is 932. The molecule has 1 N–H and O–H groups in total. The van der Waals surface area contributed by atoms with Gasteiger partial charge in [0.05, 0.1) is 23.6 Å². The third kappa shape index (κ3) is 7.33. The Morgan fingerprint density at radius 3 is 2.50 bits per heavy atom. The summed E-state index contributed by atoms with van der Waals surface area (Å²) >= 11 is 0. The summed E-state index contributed by atoms with van der Waals surface area (Å²) in [6.45, 7) is 7.12. The van der Waals surface area contributed by atoms with E-state index in [-0.39, 0.29) is 24.0 Å². The minimum Gasteiger partial charge on any atom is -0.491 e. The summed E-state index contributed by atoms with van der Waals surface area (Å²) in [7, 11) is 0.0279. The highest BCUT2D eigenvalue weighted by molar-refractivity contribution is 7.92. The monoisotopic (exact) mass is 495 g/mol. The van der Waals surface area contributed by atoms with Crippen molar-refractivity contribution in [3.05, 3.63) is 23.8 Å². The SMILES string of the molecule is CO[C@H]1CN(C)C(=O)c2ccc(NS(C)(=O)=O)cc2OC[C@@H](C)N(CC2CCCCC2)C[C@H]1C. The molecule has 8 nitrogen and oxygen atoms in total. The molecule has 1 amide bonds. The van der Waals surface area contributed by atoms with Gasteiger partial charge in [0, 0.05) is 45.9 Å². The average molecular weight is 496 g/mol. The fourth-order valence-electron chi connectivity index (χ4n) is 5.08.